The molecule has 0 bridgehead atoms. The van der Waals surface area contributed by atoms with Gasteiger partial charge in [0.15, 0.2) is 0 Å². The molecular formula is C22H21NO2S. The van der Waals surface area contributed by atoms with Gasteiger partial charge in [-0.2, -0.15) is 0 Å². The third-order valence-corrected chi connectivity index (χ3v) is 6.55. The summed E-state index contributed by atoms with van der Waals surface area (Å²) in [6, 6.07) is 21.5. The summed E-state index contributed by atoms with van der Waals surface area (Å²) in [5.74, 6) is 0.0302. The van der Waals surface area contributed by atoms with E-state index in [1.165, 1.54) is 27.8 Å². The molecule has 1 aliphatic rings. The van der Waals surface area contributed by atoms with E-state index in [1.807, 2.05) is 31.2 Å². The van der Waals surface area contributed by atoms with Crippen molar-refractivity contribution in [1.82, 2.24) is 4.72 Å². The molecule has 1 unspecified atom stereocenters. The zero-order valence-corrected chi connectivity index (χ0v) is 15.7. The van der Waals surface area contributed by atoms with Crippen LogP contribution in [-0.4, -0.2) is 15.0 Å². The van der Waals surface area contributed by atoms with Gasteiger partial charge in [0.25, 0.3) is 0 Å². The Hall–Kier alpha value is -2.43. The molecular weight excluding hydrogens is 342 g/mol. The second kappa shape index (κ2) is 6.38. The molecule has 0 spiro atoms. The Morgan fingerprint density at radius 2 is 1.54 bits per heavy atom. The van der Waals surface area contributed by atoms with Gasteiger partial charge in [-0.3, -0.25) is 0 Å². The fraction of sp³-hybridized carbons (Fsp3) is 0.182. The molecule has 0 heterocycles. The van der Waals surface area contributed by atoms with Gasteiger partial charge in [-0.05, 0) is 53.8 Å². The maximum atomic E-state index is 12.7. The van der Waals surface area contributed by atoms with E-state index in [4.69, 9.17) is 0 Å². The summed E-state index contributed by atoms with van der Waals surface area (Å²) in [4.78, 5) is 0.305. The van der Waals surface area contributed by atoms with E-state index in [1.54, 1.807) is 12.1 Å². The zero-order valence-electron chi connectivity index (χ0n) is 14.9. The maximum Gasteiger partial charge on any atom is 0.240 e. The Bertz CT molecular complexity index is 1070. The fourth-order valence-corrected chi connectivity index (χ4v) is 4.83. The largest absolute Gasteiger partial charge is 0.240 e. The van der Waals surface area contributed by atoms with Crippen molar-refractivity contribution >= 4 is 10.0 Å². The van der Waals surface area contributed by atoms with Crippen molar-refractivity contribution < 1.29 is 8.42 Å². The molecule has 0 radical (unpaired) electrons. The molecule has 4 rings (SSSR count). The molecule has 0 aliphatic heterocycles. The summed E-state index contributed by atoms with van der Waals surface area (Å²) in [5, 5.41) is 0. The summed E-state index contributed by atoms with van der Waals surface area (Å²) < 4.78 is 28.2. The van der Waals surface area contributed by atoms with Crippen molar-refractivity contribution in [3.05, 3.63) is 89.0 Å². The highest BCUT2D eigenvalue weighted by atomic mass is 32.2. The molecule has 3 aromatic carbocycles. The third kappa shape index (κ3) is 2.85. The molecule has 1 N–H and O–H groups in total. The lowest BCUT2D eigenvalue weighted by Gasteiger charge is -2.17. The van der Waals surface area contributed by atoms with Crippen molar-refractivity contribution in [2.75, 3.05) is 6.54 Å². The number of sulfonamides is 1. The van der Waals surface area contributed by atoms with E-state index in [0.29, 0.717) is 11.4 Å². The summed E-state index contributed by atoms with van der Waals surface area (Å²) in [6.45, 7) is 4.39. The lowest BCUT2D eigenvalue weighted by Crippen LogP contribution is -2.28. The van der Waals surface area contributed by atoms with Crippen LogP contribution in [0.1, 0.15) is 28.2 Å². The molecule has 0 amide bonds. The molecule has 26 heavy (non-hydrogen) atoms. The van der Waals surface area contributed by atoms with Gasteiger partial charge in [0.05, 0.1) is 4.90 Å². The molecule has 0 aromatic heterocycles. The van der Waals surface area contributed by atoms with E-state index in [9.17, 15) is 8.42 Å². The molecule has 1 atom stereocenters. The summed E-state index contributed by atoms with van der Waals surface area (Å²) >= 11 is 0. The van der Waals surface area contributed by atoms with Gasteiger partial charge >= 0.3 is 0 Å². The van der Waals surface area contributed by atoms with Crippen LogP contribution in [-0.2, 0) is 10.0 Å². The highest BCUT2D eigenvalue weighted by Crippen LogP contribution is 2.45. The average molecular weight is 363 g/mol. The van der Waals surface area contributed by atoms with Crippen LogP contribution >= 0.6 is 0 Å². The van der Waals surface area contributed by atoms with Crippen LogP contribution in [0.25, 0.3) is 11.1 Å². The van der Waals surface area contributed by atoms with Crippen LogP contribution in [0.3, 0.4) is 0 Å². The monoisotopic (exact) mass is 363 g/mol. The fourth-order valence-electron chi connectivity index (χ4n) is 3.79. The van der Waals surface area contributed by atoms with Gasteiger partial charge in [0.2, 0.25) is 10.0 Å². The number of hydrogen-bond acceptors (Lipinski definition) is 2. The number of rotatable bonds is 4. The van der Waals surface area contributed by atoms with Gasteiger partial charge in [-0.1, -0.05) is 60.2 Å². The summed E-state index contributed by atoms with van der Waals surface area (Å²) in [5.41, 5.74) is 7.05. The number of hydrogen-bond donors (Lipinski definition) is 1. The molecule has 3 aromatic rings. The Labute approximate surface area is 154 Å². The first-order chi connectivity index (χ1) is 12.5. The average Bonchev–Trinajstić information content (AvgIpc) is 2.96. The lowest BCUT2D eigenvalue weighted by molar-refractivity contribution is 0.578. The van der Waals surface area contributed by atoms with Crippen LogP contribution in [0.5, 0.6) is 0 Å². The van der Waals surface area contributed by atoms with E-state index in [0.717, 1.165) is 5.56 Å². The smallest absolute Gasteiger partial charge is 0.210 e. The molecule has 0 fully saturated rings. The first kappa shape index (κ1) is 17.0. The SMILES string of the molecule is Cc1ccc(S(=O)(=O)NCC2c3ccccc3-c3cccc(C)c32)cc1. The Kier molecular flexibility index (Phi) is 4.17. The molecule has 4 heteroatoms. The molecule has 132 valence electrons. The lowest BCUT2D eigenvalue weighted by atomic mass is 9.94. The topological polar surface area (TPSA) is 46.2 Å². The summed E-state index contributed by atoms with van der Waals surface area (Å²) in [7, 11) is -3.53. The van der Waals surface area contributed by atoms with Crippen LogP contribution in [0.4, 0.5) is 0 Å². The molecule has 3 nitrogen and oxygen atoms in total. The predicted molar refractivity (Wildman–Crippen MR) is 105 cm³/mol. The Morgan fingerprint density at radius 3 is 2.31 bits per heavy atom. The molecule has 0 saturated carbocycles. The van der Waals surface area contributed by atoms with Gasteiger partial charge in [-0.15, -0.1) is 0 Å². The minimum Gasteiger partial charge on any atom is -0.210 e. The first-order valence-electron chi connectivity index (χ1n) is 8.72. The molecule has 1 aliphatic carbocycles. The van der Waals surface area contributed by atoms with Gasteiger partial charge < -0.3 is 0 Å². The van der Waals surface area contributed by atoms with Crippen LogP contribution < -0.4 is 4.72 Å². The van der Waals surface area contributed by atoms with Gasteiger partial charge in [-0.25, -0.2) is 13.1 Å². The van der Waals surface area contributed by atoms with Crippen LogP contribution in [0, 0.1) is 13.8 Å². The van der Waals surface area contributed by atoms with Crippen LogP contribution in [0.15, 0.2) is 71.6 Å². The van der Waals surface area contributed by atoms with Crippen LogP contribution in [0.2, 0.25) is 0 Å². The number of aryl methyl sites for hydroxylation is 2. The number of nitrogens with one attached hydrogen (secondary N) is 1. The Morgan fingerprint density at radius 1 is 0.846 bits per heavy atom. The first-order valence-corrected chi connectivity index (χ1v) is 10.2. The van der Waals surface area contributed by atoms with Crippen molar-refractivity contribution in [3.63, 3.8) is 0 Å². The highest BCUT2D eigenvalue weighted by Gasteiger charge is 2.30. The Balaban J connectivity index is 1.68. The normalized spacial score (nSPS) is 15.5. The van der Waals surface area contributed by atoms with E-state index >= 15 is 0 Å². The standard InChI is InChI=1S/C22H21NO2S/c1-15-10-12-17(13-11-15)26(24,25)23-14-21-19-8-4-3-7-18(19)20-9-5-6-16(2)22(20)21/h3-13,21,23H,14H2,1-2H3. The minimum atomic E-state index is -3.53. The predicted octanol–water partition coefficient (Wildman–Crippen LogP) is 4.39. The summed E-state index contributed by atoms with van der Waals surface area (Å²) in [6.07, 6.45) is 0. The van der Waals surface area contributed by atoms with Crippen molar-refractivity contribution in [3.8, 4) is 11.1 Å². The van der Waals surface area contributed by atoms with Gasteiger partial charge in [0.1, 0.15) is 0 Å². The van der Waals surface area contributed by atoms with Crippen molar-refractivity contribution in [2.24, 2.45) is 0 Å². The second-order valence-electron chi connectivity index (χ2n) is 6.84. The van der Waals surface area contributed by atoms with E-state index < -0.39 is 10.0 Å². The van der Waals surface area contributed by atoms with E-state index in [2.05, 4.69) is 42.0 Å². The maximum absolute atomic E-state index is 12.7. The van der Waals surface area contributed by atoms with E-state index in [-0.39, 0.29) is 5.92 Å². The second-order valence-corrected chi connectivity index (χ2v) is 8.61. The third-order valence-electron chi connectivity index (χ3n) is 5.11. The highest BCUT2D eigenvalue weighted by molar-refractivity contribution is 7.89. The quantitative estimate of drug-likeness (QED) is 0.747. The van der Waals surface area contributed by atoms with Crippen molar-refractivity contribution in [1.29, 1.82) is 0 Å². The molecule has 0 saturated heterocycles. The van der Waals surface area contributed by atoms with Gasteiger partial charge in [0, 0.05) is 12.5 Å². The number of fused-ring (bicyclic) bond motifs is 3. The van der Waals surface area contributed by atoms with Crippen molar-refractivity contribution in [2.45, 2.75) is 24.7 Å². The zero-order chi connectivity index (χ0) is 18.3. The minimum absolute atomic E-state index is 0.0302. The number of benzene rings is 3.